The summed E-state index contributed by atoms with van der Waals surface area (Å²) in [7, 11) is 0. The minimum absolute atomic E-state index is 0.0732. The zero-order valence-corrected chi connectivity index (χ0v) is 72.1. The molecule has 0 radical (unpaired) electrons. The molecule has 6 aromatic carbocycles. The number of nitriles is 2. The van der Waals surface area contributed by atoms with Gasteiger partial charge in [0.2, 0.25) is 27.2 Å². The molecule has 0 saturated carbocycles. The van der Waals surface area contributed by atoms with Crippen LogP contribution in [-0.2, 0) is 0 Å². The number of rotatable bonds is 20. The topological polar surface area (TPSA) is 173 Å². The first kappa shape index (κ1) is 86.5. The standard InChI is InChI=1S/C72H76N4O8.2C6F4I2.2C2H3N/c1-5-9-13-17-49-53-37-55-50(18-14-10-6-2)57-39-59-52(20-16-12-8-4)60-40-58-51(19-15-11-7-3)56-38-54(49)66-62(46-23-31-74-32-24-46)68(56)80-43-82-70(58)64(48-27-35-76-36-28-48)72(60)84-44-83-71(59)63(47-25-33-75-34-26-47)69(57)81-42-79-67(55)61(65(53)77-41-78-66)45-21-29-73-30-22-45;2*7-1-2(8)6(12)4(10)3(9)5(1)11;2*1-2-3/h21-40,49-52H,5-20,41-44H2,1-4H3;;;2*1H3. The number of benzene rings is 6. The van der Waals surface area contributed by atoms with Crippen molar-refractivity contribution in [1.29, 1.82) is 10.5 Å². The van der Waals surface area contributed by atoms with Crippen molar-refractivity contribution in [3.05, 3.63) is 228 Å². The summed E-state index contributed by atoms with van der Waals surface area (Å²) in [4.78, 5) is 18.2. The van der Waals surface area contributed by atoms with E-state index in [1.54, 1.807) is 12.1 Å². The van der Waals surface area contributed by atoms with Crippen LogP contribution in [0, 0.1) is 83.5 Å². The first-order valence-electron chi connectivity index (χ1n) is 37.8. The van der Waals surface area contributed by atoms with E-state index >= 15 is 0 Å². The molecule has 26 heteroatoms. The van der Waals surface area contributed by atoms with Gasteiger partial charge in [-0.1, -0.05) is 105 Å². The Morgan fingerprint density at radius 3 is 0.588 bits per heavy atom. The summed E-state index contributed by atoms with van der Waals surface area (Å²) < 4.78 is 156. The van der Waals surface area contributed by atoms with E-state index in [1.165, 1.54) is 104 Å². The second kappa shape index (κ2) is 41.0. The van der Waals surface area contributed by atoms with Gasteiger partial charge in [-0.05, 0) is 211 Å². The average molecular weight is 2010 g/mol. The molecule has 114 heavy (non-hydrogen) atoms. The molecule has 8 bridgehead atoms. The average Bonchev–Trinajstić information content (AvgIpc) is 0.714. The highest BCUT2D eigenvalue weighted by atomic mass is 127. The van der Waals surface area contributed by atoms with Crippen molar-refractivity contribution >= 4 is 90.4 Å². The highest BCUT2D eigenvalue weighted by Crippen LogP contribution is 2.62. The van der Waals surface area contributed by atoms with Crippen molar-refractivity contribution in [1.82, 2.24) is 19.9 Å². The molecule has 0 atom stereocenters. The van der Waals surface area contributed by atoms with E-state index in [2.05, 4.69) is 120 Å². The lowest BCUT2D eigenvalue weighted by atomic mass is 9.73. The van der Waals surface area contributed by atoms with Crippen LogP contribution < -0.4 is 37.9 Å². The van der Waals surface area contributed by atoms with E-state index in [-0.39, 0.29) is 50.8 Å². The van der Waals surface area contributed by atoms with Crippen LogP contribution in [0.2, 0.25) is 0 Å². The van der Waals surface area contributed by atoms with Gasteiger partial charge in [0, 0.05) is 132 Å². The number of aromatic nitrogens is 4. The van der Waals surface area contributed by atoms with Gasteiger partial charge >= 0.3 is 0 Å². The Balaban J connectivity index is 0.000000359. The van der Waals surface area contributed by atoms with Gasteiger partial charge in [-0.25, -0.2) is 35.1 Å². The third kappa shape index (κ3) is 18.4. The van der Waals surface area contributed by atoms with Gasteiger partial charge in [0.05, 0.1) is 48.7 Å². The second-order valence-corrected chi connectivity index (χ2v) is 31.6. The Kier molecular flexibility index (Phi) is 31.1. The van der Waals surface area contributed by atoms with Crippen LogP contribution in [0.5, 0.6) is 46.0 Å². The molecule has 1 aliphatic carbocycles. The number of unbranched alkanes of at least 4 members (excludes halogenated alkanes) is 8. The van der Waals surface area contributed by atoms with Crippen LogP contribution in [0.4, 0.5) is 35.1 Å². The van der Waals surface area contributed by atoms with Crippen molar-refractivity contribution in [3.8, 4) is 103 Å². The Bertz CT molecular complexity index is 4260. The predicted molar refractivity (Wildman–Crippen MR) is 453 cm³/mol. The molecule has 0 N–H and O–H groups in total. The van der Waals surface area contributed by atoms with Gasteiger partial charge in [-0.2, -0.15) is 10.5 Å². The molecule has 596 valence electrons. The number of pyridine rings is 4. The number of ether oxygens (including phenoxy) is 8. The molecule has 8 heterocycles. The first-order valence-corrected chi connectivity index (χ1v) is 42.1. The van der Waals surface area contributed by atoms with Crippen LogP contribution in [0.25, 0.3) is 44.5 Å². The van der Waals surface area contributed by atoms with Crippen LogP contribution in [-0.4, -0.2) is 47.1 Å². The zero-order chi connectivity index (χ0) is 81.3. The van der Waals surface area contributed by atoms with Crippen LogP contribution in [0.3, 0.4) is 0 Å². The van der Waals surface area contributed by atoms with Crippen LogP contribution in [0.15, 0.2) is 122 Å². The third-order valence-corrected chi connectivity index (χ3v) is 24.1. The maximum absolute atomic E-state index is 12.6. The van der Waals surface area contributed by atoms with Crippen molar-refractivity contribution in [2.75, 3.05) is 27.2 Å². The van der Waals surface area contributed by atoms with E-state index in [0.29, 0.717) is 0 Å². The summed E-state index contributed by atoms with van der Waals surface area (Å²) in [6.07, 6.45) is 30.6. The molecule has 15 rings (SSSR count). The highest BCUT2D eigenvalue weighted by Gasteiger charge is 2.43. The maximum atomic E-state index is 12.6. The van der Waals surface area contributed by atoms with Gasteiger partial charge in [0.25, 0.3) is 0 Å². The Hall–Kier alpha value is -8.34. The summed E-state index contributed by atoms with van der Waals surface area (Å²) in [5, 5.41) is 14.6. The monoisotopic (exact) mass is 2010 g/mol. The SMILES string of the molecule is CC#N.CC#N.CCCCCC1c2cc3c4c(-c5ccncc5)c2OCOc2c1cc1c(c2-c2ccncc2)OCOc2c(cc5c(c2-c2ccncc2)OCOc2c(cc(c(c2-c2ccncc2)OCO4)C3CCCCC)C5CCCCC)C1CCCCC.Fc1c(F)c(I)c(F)c(F)c1I.Fc1c(F)c(I)c(F)c(F)c1I. The van der Waals surface area contributed by atoms with Crippen molar-refractivity contribution in [2.24, 2.45) is 0 Å². The molecule has 4 aliphatic heterocycles. The summed E-state index contributed by atoms with van der Waals surface area (Å²) in [5.41, 5.74) is 16.1. The summed E-state index contributed by atoms with van der Waals surface area (Å²) >= 11 is 4.81. The molecule has 10 aromatic rings. The first-order chi connectivity index (χ1) is 55.3. The summed E-state index contributed by atoms with van der Waals surface area (Å²) in [5.74, 6) is -5.65. The number of hydrogen-bond donors (Lipinski definition) is 0. The van der Waals surface area contributed by atoms with Gasteiger partial charge in [-0.3, -0.25) is 19.9 Å². The van der Waals surface area contributed by atoms with Crippen LogP contribution in [0.1, 0.15) is 212 Å². The fourth-order valence-corrected chi connectivity index (χ4v) is 17.1. The minimum atomic E-state index is -1.35. The Labute approximate surface area is 713 Å². The Morgan fingerprint density at radius 2 is 0.447 bits per heavy atom. The predicted octanol–water partition coefficient (Wildman–Crippen LogP) is 26.0. The molecule has 4 aromatic heterocycles. The highest BCUT2D eigenvalue weighted by molar-refractivity contribution is 14.1. The van der Waals surface area contributed by atoms with Crippen molar-refractivity contribution < 1.29 is 73.0 Å². The van der Waals surface area contributed by atoms with E-state index < -0.39 is 60.8 Å². The van der Waals surface area contributed by atoms with E-state index in [4.69, 9.17) is 48.4 Å². The van der Waals surface area contributed by atoms with Crippen LogP contribution >= 0.6 is 90.4 Å². The van der Waals surface area contributed by atoms with E-state index in [9.17, 15) is 35.1 Å². The summed E-state index contributed by atoms with van der Waals surface area (Å²) in [6.45, 7) is 11.7. The normalized spacial score (nSPS) is 15.4. The number of halogens is 12. The smallest absolute Gasteiger partial charge is 0.230 e. The van der Waals surface area contributed by atoms with Gasteiger partial charge < -0.3 is 37.9 Å². The maximum Gasteiger partial charge on any atom is 0.230 e. The fraction of sp³-hybridized carbons (Fsp3) is 0.341. The van der Waals surface area contributed by atoms with Crippen molar-refractivity contribution in [3.63, 3.8) is 0 Å². The molecule has 0 fully saturated rings. The lowest BCUT2D eigenvalue weighted by Crippen LogP contribution is -2.24. The fourth-order valence-electron chi connectivity index (χ4n) is 15.3. The minimum Gasteiger partial charge on any atom is -0.456 e. The number of nitrogens with zero attached hydrogens (tertiary/aromatic N) is 6. The van der Waals surface area contributed by atoms with Gasteiger partial charge in [-0.15, -0.1) is 0 Å². The molecule has 0 unspecified atom stereocenters. The molecule has 14 nitrogen and oxygen atoms in total. The Morgan fingerprint density at radius 1 is 0.298 bits per heavy atom. The molecule has 0 saturated heterocycles. The second-order valence-electron chi connectivity index (χ2n) is 27.3. The van der Waals surface area contributed by atoms with Gasteiger partial charge in [0.1, 0.15) is 46.0 Å². The largest absolute Gasteiger partial charge is 0.456 e. The molecular weight excluding hydrogens is 1930 g/mol. The summed E-state index contributed by atoms with van der Waals surface area (Å²) in [6, 6.07) is 30.0. The molecule has 0 spiro atoms. The molecule has 5 aliphatic rings. The molecular formula is C88H82F8I4N6O8. The van der Waals surface area contributed by atoms with Gasteiger partial charge in [0.15, 0.2) is 46.5 Å². The van der Waals surface area contributed by atoms with Crippen molar-refractivity contribution in [2.45, 2.75) is 168 Å². The number of hydrogen-bond acceptors (Lipinski definition) is 14. The quantitative estimate of drug-likeness (QED) is 0.0232. The zero-order valence-electron chi connectivity index (χ0n) is 63.5. The lowest BCUT2D eigenvalue weighted by molar-refractivity contribution is 0.101. The molecule has 0 amide bonds. The lowest BCUT2D eigenvalue weighted by Gasteiger charge is -2.38. The third-order valence-electron chi connectivity index (χ3n) is 20.4. The van der Waals surface area contributed by atoms with E-state index in [0.717, 1.165) is 238 Å². The van der Waals surface area contributed by atoms with E-state index in [1.807, 2.05) is 49.6 Å².